The van der Waals surface area contributed by atoms with Gasteiger partial charge in [0.1, 0.15) is 0 Å². The predicted octanol–water partition coefficient (Wildman–Crippen LogP) is 3.25. The normalized spacial score (nSPS) is 10.1. The topological polar surface area (TPSA) is 98.5 Å². The van der Waals surface area contributed by atoms with Crippen LogP contribution in [0.25, 0.3) is 0 Å². The Labute approximate surface area is 138 Å². The van der Waals surface area contributed by atoms with Crippen LogP contribution in [0.5, 0.6) is 0 Å². The molecule has 124 valence electrons. The van der Waals surface area contributed by atoms with Gasteiger partial charge < -0.3 is 10.1 Å². The Bertz CT molecular complexity index is 830. The minimum atomic E-state index is -0.533. The number of anilines is 1. The zero-order chi connectivity index (χ0) is 17.9. The lowest BCUT2D eigenvalue weighted by Gasteiger charge is -2.11. The molecule has 24 heavy (non-hydrogen) atoms. The van der Waals surface area contributed by atoms with Gasteiger partial charge in [-0.2, -0.15) is 0 Å². The van der Waals surface area contributed by atoms with Gasteiger partial charge in [0.15, 0.2) is 0 Å². The Balaban J connectivity index is 2.32. The smallest absolute Gasteiger partial charge is 0.338 e. The van der Waals surface area contributed by atoms with Crippen LogP contribution in [0.1, 0.15) is 31.8 Å². The number of amides is 1. The van der Waals surface area contributed by atoms with Gasteiger partial charge in [-0.15, -0.1) is 0 Å². The summed E-state index contributed by atoms with van der Waals surface area (Å²) in [6.07, 6.45) is 0. The highest BCUT2D eigenvalue weighted by Crippen LogP contribution is 2.23. The Morgan fingerprint density at radius 2 is 1.88 bits per heavy atom. The summed E-state index contributed by atoms with van der Waals surface area (Å²) < 4.78 is 4.69. The van der Waals surface area contributed by atoms with Crippen LogP contribution in [0, 0.1) is 24.0 Å². The molecule has 2 aromatic carbocycles. The number of methoxy groups -OCH3 is 1. The molecule has 2 rings (SSSR count). The van der Waals surface area contributed by atoms with Crippen LogP contribution in [0.4, 0.5) is 11.4 Å². The van der Waals surface area contributed by atoms with Gasteiger partial charge in [-0.25, -0.2) is 4.79 Å². The van der Waals surface area contributed by atoms with Crippen molar-refractivity contribution < 1.29 is 19.2 Å². The fourth-order valence-corrected chi connectivity index (χ4v) is 2.24. The maximum atomic E-state index is 12.4. The van der Waals surface area contributed by atoms with E-state index in [1.165, 1.54) is 25.3 Å². The number of nitrogens with zero attached hydrogens (tertiary/aromatic N) is 1. The molecule has 0 spiro atoms. The van der Waals surface area contributed by atoms with Crippen LogP contribution < -0.4 is 5.32 Å². The zero-order valence-corrected chi connectivity index (χ0v) is 13.5. The van der Waals surface area contributed by atoms with E-state index in [1.807, 2.05) is 0 Å². The summed E-state index contributed by atoms with van der Waals surface area (Å²) in [7, 11) is 1.28. The Hall–Kier alpha value is -3.22. The highest BCUT2D eigenvalue weighted by molar-refractivity contribution is 6.06. The average Bonchev–Trinajstić information content (AvgIpc) is 2.56. The summed E-state index contributed by atoms with van der Waals surface area (Å²) in [5.74, 6) is -1.00. The molecular formula is C17H16N2O5. The summed E-state index contributed by atoms with van der Waals surface area (Å²) in [4.78, 5) is 34.5. The number of rotatable bonds is 4. The van der Waals surface area contributed by atoms with E-state index in [4.69, 9.17) is 4.74 Å². The lowest BCUT2D eigenvalue weighted by atomic mass is 10.1. The molecule has 0 saturated heterocycles. The van der Waals surface area contributed by atoms with E-state index in [0.717, 1.165) is 0 Å². The quantitative estimate of drug-likeness (QED) is 0.527. The molecule has 0 fully saturated rings. The summed E-state index contributed by atoms with van der Waals surface area (Å²) in [6, 6.07) is 9.11. The van der Waals surface area contributed by atoms with Crippen molar-refractivity contribution in [3.8, 4) is 0 Å². The number of hydrogen-bond acceptors (Lipinski definition) is 5. The molecule has 0 heterocycles. The Kier molecular flexibility index (Phi) is 4.93. The molecule has 0 aliphatic carbocycles. The van der Waals surface area contributed by atoms with E-state index in [0.29, 0.717) is 22.4 Å². The van der Waals surface area contributed by atoms with Crippen molar-refractivity contribution >= 4 is 23.3 Å². The molecule has 0 atom stereocenters. The third-order valence-electron chi connectivity index (χ3n) is 3.66. The van der Waals surface area contributed by atoms with Gasteiger partial charge in [-0.1, -0.05) is 12.1 Å². The Morgan fingerprint density at radius 1 is 1.17 bits per heavy atom. The van der Waals surface area contributed by atoms with Crippen molar-refractivity contribution in [2.75, 3.05) is 12.4 Å². The van der Waals surface area contributed by atoms with Gasteiger partial charge in [-0.3, -0.25) is 14.9 Å². The molecule has 0 radical (unpaired) electrons. The molecule has 0 unspecified atom stereocenters. The van der Waals surface area contributed by atoms with Crippen molar-refractivity contribution in [3.63, 3.8) is 0 Å². The average molecular weight is 328 g/mol. The molecule has 1 amide bonds. The fourth-order valence-electron chi connectivity index (χ4n) is 2.24. The number of aryl methyl sites for hydroxylation is 1. The fraction of sp³-hybridized carbons (Fsp3) is 0.176. The molecule has 0 bridgehead atoms. The molecular weight excluding hydrogens is 312 g/mol. The minimum Gasteiger partial charge on any atom is -0.465 e. The van der Waals surface area contributed by atoms with Gasteiger partial charge in [-0.05, 0) is 37.6 Å². The number of carbonyl (C=O) groups excluding carboxylic acids is 2. The molecule has 0 aliphatic rings. The first-order chi connectivity index (χ1) is 11.3. The number of ether oxygens (including phenoxy) is 1. The van der Waals surface area contributed by atoms with Gasteiger partial charge in [0.25, 0.3) is 11.6 Å². The predicted molar refractivity (Wildman–Crippen MR) is 88.3 cm³/mol. The number of nitrogens with one attached hydrogen (secondary N) is 1. The molecule has 7 nitrogen and oxygen atoms in total. The maximum absolute atomic E-state index is 12.4. The van der Waals surface area contributed by atoms with Crippen LogP contribution in [0.3, 0.4) is 0 Å². The van der Waals surface area contributed by atoms with Crippen molar-refractivity contribution in [1.29, 1.82) is 0 Å². The first kappa shape index (κ1) is 17.1. The van der Waals surface area contributed by atoms with Crippen LogP contribution >= 0.6 is 0 Å². The monoisotopic (exact) mass is 328 g/mol. The largest absolute Gasteiger partial charge is 0.465 e. The van der Waals surface area contributed by atoms with Gasteiger partial charge in [0, 0.05) is 22.9 Å². The van der Waals surface area contributed by atoms with E-state index in [-0.39, 0.29) is 11.3 Å². The molecule has 0 saturated carbocycles. The first-order valence-corrected chi connectivity index (χ1v) is 7.09. The molecule has 2 aromatic rings. The lowest BCUT2D eigenvalue weighted by Crippen LogP contribution is -2.14. The molecule has 0 aliphatic heterocycles. The van der Waals surface area contributed by atoms with Crippen molar-refractivity contribution in [2.45, 2.75) is 13.8 Å². The van der Waals surface area contributed by atoms with E-state index in [9.17, 15) is 19.7 Å². The van der Waals surface area contributed by atoms with Crippen LogP contribution in [-0.4, -0.2) is 23.9 Å². The molecule has 7 heteroatoms. The summed E-state index contributed by atoms with van der Waals surface area (Å²) >= 11 is 0. The maximum Gasteiger partial charge on any atom is 0.338 e. The van der Waals surface area contributed by atoms with Gasteiger partial charge in [0.05, 0.1) is 17.6 Å². The van der Waals surface area contributed by atoms with Crippen molar-refractivity contribution in [3.05, 3.63) is 68.8 Å². The minimum absolute atomic E-state index is 0.123. The Morgan fingerprint density at radius 3 is 2.50 bits per heavy atom. The van der Waals surface area contributed by atoms with Crippen LogP contribution in [-0.2, 0) is 4.74 Å². The standard InChI is InChI=1S/C17H16N2O5/c1-10-7-8-12(9-15(10)19(22)23)16(20)18-14-6-4-5-13(11(14)2)17(21)24-3/h4-9H,1-3H3,(H,18,20). The molecule has 0 aromatic heterocycles. The SMILES string of the molecule is COC(=O)c1cccc(NC(=O)c2ccc(C)c([N+](=O)[O-])c2)c1C. The van der Waals surface area contributed by atoms with Crippen molar-refractivity contribution in [2.24, 2.45) is 0 Å². The highest BCUT2D eigenvalue weighted by Gasteiger charge is 2.17. The zero-order valence-electron chi connectivity index (χ0n) is 13.5. The number of benzene rings is 2. The second kappa shape index (κ2) is 6.91. The van der Waals surface area contributed by atoms with Crippen molar-refractivity contribution in [1.82, 2.24) is 0 Å². The van der Waals surface area contributed by atoms with Crippen LogP contribution in [0.2, 0.25) is 0 Å². The second-order valence-corrected chi connectivity index (χ2v) is 5.18. The van der Waals surface area contributed by atoms with E-state index >= 15 is 0 Å². The summed E-state index contributed by atoms with van der Waals surface area (Å²) in [5, 5.41) is 13.6. The molecule has 1 N–H and O–H groups in total. The number of hydrogen-bond donors (Lipinski definition) is 1. The lowest BCUT2D eigenvalue weighted by molar-refractivity contribution is -0.385. The van der Waals surface area contributed by atoms with Gasteiger partial charge in [0.2, 0.25) is 0 Å². The van der Waals surface area contributed by atoms with E-state index in [1.54, 1.807) is 32.0 Å². The second-order valence-electron chi connectivity index (χ2n) is 5.18. The number of carbonyl (C=O) groups is 2. The first-order valence-electron chi connectivity index (χ1n) is 7.09. The highest BCUT2D eigenvalue weighted by atomic mass is 16.6. The number of nitro groups is 1. The summed E-state index contributed by atoms with van der Waals surface area (Å²) in [5.41, 5.74) is 1.84. The van der Waals surface area contributed by atoms with E-state index in [2.05, 4.69) is 5.32 Å². The van der Waals surface area contributed by atoms with Gasteiger partial charge >= 0.3 is 5.97 Å². The van der Waals surface area contributed by atoms with Crippen LogP contribution in [0.15, 0.2) is 36.4 Å². The third kappa shape index (κ3) is 3.40. The number of nitro benzene ring substituents is 1. The third-order valence-corrected chi connectivity index (χ3v) is 3.66. The van der Waals surface area contributed by atoms with E-state index < -0.39 is 16.8 Å². The summed E-state index contributed by atoms with van der Waals surface area (Å²) in [6.45, 7) is 3.28. The number of esters is 1.